The molecule has 1 heterocycles. The quantitative estimate of drug-likeness (QED) is 0.578. The highest BCUT2D eigenvalue weighted by Gasteiger charge is 2.34. The van der Waals surface area contributed by atoms with Gasteiger partial charge in [-0.25, -0.2) is 0 Å². The van der Waals surface area contributed by atoms with Gasteiger partial charge in [0.15, 0.2) is 0 Å². The summed E-state index contributed by atoms with van der Waals surface area (Å²) in [5.41, 5.74) is 2.81. The number of nitrogens with zero attached hydrogens (tertiary/aromatic N) is 1. The minimum absolute atomic E-state index is 0.191. The molecular formula is C20H17Cl2NO3S. The maximum Gasteiger partial charge on any atom is 0.293 e. The van der Waals surface area contributed by atoms with Crippen molar-refractivity contribution >= 4 is 52.2 Å². The van der Waals surface area contributed by atoms with E-state index in [1.807, 2.05) is 32.0 Å². The number of ether oxygens (including phenoxy) is 1. The molecule has 2 aromatic rings. The summed E-state index contributed by atoms with van der Waals surface area (Å²) in [6.07, 6.45) is 1.64. The van der Waals surface area contributed by atoms with Crippen LogP contribution in [0.5, 0.6) is 5.75 Å². The van der Waals surface area contributed by atoms with Crippen LogP contribution in [0.2, 0.25) is 10.0 Å². The molecule has 1 aliphatic heterocycles. The lowest BCUT2D eigenvalue weighted by Crippen LogP contribution is -2.32. The van der Waals surface area contributed by atoms with E-state index in [0.717, 1.165) is 28.6 Å². The van der Waals surface area contributed by atoms with Crippen LogP contribution in [0.3, 0.4) is 0 Å². The van der Waals surface area contributed by atoms with Gasteiger partial charge in [-0.1, -0.05) is 41.4 Å². The van der Waals surface area contributed by atoms with Crippen LogP contribution in [0.25, 0.3) is 6.08 Å². The molecule has 2 amide bonds. The molecule has 0 N–H and O–H groups in total. The zero-order valence-electron chi connectivity index (χ0n) is 14.8. The number of hydrogen-bond donors (Lipinski definition) is 0. The molecule has 0 aliphatic carbocycles. The van der Waals surface area contributed by atoms with Crippen molar-refractivity contribution in [2.45, 2.75) is 13.8 Å². The standard InChI is InChI=1S/C20H17Cl2NO3S/c1-12-3-4-13(2)17(9-12)26-8-7-23-19(24)18(27-20(23)25)11-14-5-6-15(21)16(22)10-14/h3-6,9-11H,7-8H2,1-2H3/b18-11-. The van der Waals surface area contributed by atoms with Gasteiger partial charge in [0, 0.05) is 0 Å². The molecule has 7 heteroatoms. The van der Waals surface area contributed by atoms with Crippen LogP contribution >= 0.6 is 35.0 Å². The van der Waals surface area contributed by atoms with Crippen molar-refractivity contribution in [1.29, 1.82) is 0 Å². The van der Waals surface area contributed by atoms with Gasteiger partial charge in [-0.2, -0.15) is 0 Å². The van der Waals surface area contributed by atoms with E-state index < -0.39 is 0 Å². The van der Waals surface area contributed by atoms with E-state index in [2.05, 4.69) is 0 Å². The molecular weight excluding hydrogens is 405 g/mol. The van der Waals surface area contributed by atoms with Gasteiger partial charge in [0.05, 0.1) is 21.5 Å². The number of amides is 2. The number of imide groups is 1. The van der Waals surface area contributed by atoms with Crippen molar-refractivity contribution < 1.29 is 14.3 Å². The first-order chi connectivity index (χ1) is 12.8. The summed E-state index contributed by atoms with van der Waals surface area (Å²) in [5, 5.41) is 0.521. The van der Waals surface area contributed by atoms with Crippen molar-refractivity contribution in [2.24, 2.45) is 0 Å². The molecule has 0 bridgehead atoms. The van der Waals surface area contributed by atoms with Crippen LogP contribution in [-0.4, -0.2) is 29.2 Å². The van der Waals surface area contributed by atoms with E-state index in [4.69, 9.17) is 27.9 Å². The monoisotopic (exact) mass is 421 g/mol. The maximum atomic E-state index is 12.5. The molecule has 4 nitrogen and oxygen atoms in total. The van der Waals surface area contributed by atoms with Crippen LogP contribution in [0.1, 0.15) is 16.7 Å². The first-order valence-electron chi connectivity index (χ1n) is 8.25. The van der Waals surface area contributed by atoms with Gasteiger partial charge in [-0.3, -0.25) is 14.5 Å². The number of benzene rings is 2. The molecule has 1 fully saturated rings. The van der Waals surface area contributed by atoms with Crippen molar-refractivity contribution in [3.63, 3.8) is 0 Å². The highest BCUT2D eigenvalue weighted by Crippen LogP contribution is 2.33. The summed E-state index contributed by atoms with van der Waals surface area (Å²) in [7, 11) is 0. The summed E-state index contributed by atoms with van der Waals surface area (Å²) in [6.45, 7) is 4.37. The lowest BCUT2D eigenvalue weighted by atomic mass is 10.1. The van der Waals surface area contributed by atoms with Crippen LogP contribution in [0.4, 0.5) is 4.79 Å². The maximum absolute atomic E-state index is 12.5. The van der Waals surface area contributed by atoms with Gasteiger partial charge < -0.3 is 4.74 Å². The second-order valence-electron chi connectivity index (χ2n) is 6.12. The minimum Gasteiger partial charge on any atom is -0.491 e. The fraction of sp³-hybridized carbons (Fsp3) is 0.200. The summed E-state index contributed by atoms with van der Waals surface area (Å²) in [5.74, 6) is 0.425. The molecule has 0 spiro atoms. The number of halogens is 2. The molecule has 0 saturated carbocycles. The number of carbonyl (C=O) groups excluding carboxylic acids is 2. The molecule has 2 aromatic carbocycles. The first kappa shape index (κ1) is 19.8. The molecule has 0 radical (unpaired) electrons. The number of carbonyl (C=O) groups is 2. The van der Waals surface area contributed by atoms with E-state index in [1.165, 1.54) is 4.90 Å². The van der Waals surface area contributed by atoms with Gasteiger partial charge >= 0.3 is 0 Å². The van der Waals surface area contributed by atoms with Gasteiger partial charge in [-0.15, -0.1) is 0 Å². The number of rotatable bonds is 5. The SMILES string of the molecule is Cc1ccc(C)c(OCCN2C(=O)S/C(=C\c3ccc(Cl)c(Cl)c3)C2=O)c1. The Morgan fingerprint density at radius 2 is 1.85 bits per heavy atom. The van der Waals surface area contributed by atoms with Gasteiger partial charge in [0.25, 0.3) is 11.1 Å². The van der Waals surface area contributed by atoms with Gasteiger partial charge in [-0.05, 0) is 66.6 Å². The minimum atomic E-state index is -0.333. The van der Waals surface area contributed by atoms with E-state index in [0.29, 0.717) is 20.5 Å². The topological polar surface area (TPSA) is 46.6 Å². The summed E-state index contributed by atoms with van der Waals surface area (Å²) >= 11 is 12.8. The van der Waals surface area contributed by atoms with E-state index >= 15 is 0 Å². The average molecular weight is 422 g/mol. The van der Waals surface area contributed by atoms with Gasteiger partial charge in [0.1, 0.15) is 12.4 Å². The number of thioether (sulfide) groups is 1. The Hall–Kier alpha value is -1.95. The van der Waals surface area contributed by atoms with Crippen molar-refractivity contribution in [2.75, 3.05) is 13.2 Å². The smallest absolute Gasteiger partial charge is 0.293 e. The van der Waals surface area contributed by atoms with Crippen LogP contribution < -0.4 is 4.74 Å². The van der Waals surface area contributed by atoms with Crippen LogP contribution in [-0.2, 0) is 4.79 Å². The van der Waals surface area contributed by atoms with Crippen molar-refractivity contribution in [3.8, 4) is 5.75 Å². The lowest BCUT2D eigenvalue weighted by molar-refractivity contribution is -0.123. The average Bonchev–Trinajstić information content (AvgIpc) is 2.88. The molecule has 0 aromatic heterocycles. The summed E-state index contributed by atoms with van der Waals surface area (Å²) in [6, 6.07) is 11.0. The molecule has 0 unspecified atom stereocenters. The highest BCUT2D eigenvalue weighted by molar-refractivity contribution is 8.18. The Kier molecular flexibility index (Phi) is 6.15. The Morgan fingerprint density at radius 1 is 1.07 bits per heavy atom. The normalized spacial score (nSPS) is 15.7. The van der Waals surface area contributed by atoms with E-state index in [9.17, 15) is 9.59 Å². The fourth-order valence-corrected chi connectivity index (χ4v) is 3.73. The molecule has 27 heavy (non-hydrogen) atoms. The third kappa shape index (κ3) is 4.67. The number of aryl methyl sites for hydroxylation is 2. The lowest BCUT2D eigenvalue weighted by Gasteiger charge is -2.14. The summed E-state index contributed by atoms with van der Waals surface area (Å²) < 4.78 is 5.75. The Balaban J connectivity index is 1.66. The predicted molar refractivity (Wildman–Crippen MR) is 111 cm³/mol. The van der Waals surface area contributed by atoms with Crippen LogP contribution in [0, 0.1) is 13.8 Å². The Morgan fingerprint density at radius 3 is 2.59 bits per heavy atom. The first-order valence-corrected chi connectivity index (χ1v) is 9.83. The molecule has 0 atom stereocenters. The Labute approximate surface area is 172 Å². The van der Waals surface area contributed by atoms with Gasteiger partial charge in [0.2, 0.25) is 0 Å². The number of hydrogen-bond acceptors (Lipinski definition) is 4. The summed E-state index contributed by atoms with van der Waals surface area (Å²) in [4.78, 5) is 26.3. The largest absolute Gasteiger partial charge is 0.491 e. The molecule has 1 aliphatic rings. The second-order valence-corrected chi connectivity index (χ2v) is 7.93. The third-order valence-corrected chi connectivity index (χ3v) is 5.68. The zero-order valence-corrected chi connectivity index (χ0v) is 17.1. The van der Waals surface area contributed by atoms with Crippen molar-refractivity contribution in [1.82, 2.24) is 4.90 Å². The highest BCUT2D eigenvalue weighted by atomic mass is 35.5. The molecule has 140 valence electrons. The zero-order chi connectivity index (χ0) is 19.6. The fourth-order valence-electron chi connectivity index (χ4n) is 2.56. The molecule has 1 saturated heterocycles. The van der Waals surface area contributed by atoms with Crippen molar-refractivity contribution in [3.05, 3.63) is 68.0 Å². The molecule has 3 rings (SSSR count). The predicted octanol–water partition coefficient (Wildman–Crippen LogP) is 5.73. The second kappa shape index (κ2) is 8.38. The van der Waals surface area contributed by atoms with E-state index in [-0.39, 0.29) is 24.3 Å². The third-order valence-electron chi connectivity index (χ3n) is 4.03. The van der Waals surface area contributed by atoms with Crippen LogP contribution in [0.15, 0.2) is 41.3 Å². The van der Waals surface area contributed by atoms with E-state index in [1.54, 1.807) is 24.3 Å². The Bertz CT molecular complexity index is 943.